The number of amides is 2. The highest BCUT2D eigenvalue weighted by Crippen LogP contribution is 2.45. The minimum absolute atomic E-state index is 0.0835. The first-order valence-corrected chi connectivity index (χ1v) is 17.9. The Morgan fingerprint density at radius 1 is 1.02 bits per heavy atom. The molecule has 2 amide bonds. The average Bonchev–Trinajstić information content (AvgIpc) is 3.72. The van der Waals surface area contributed by atoms with Gasteiger partial charge in [-0.15, -0.1) is 0 Å². The summed E-state index contributed by atoms with van der Waals surface area (Å²) < 4.78 is 40.1. The van der Waals surface area contributed by atoms with Gasteiger partial charge in [0.15, 0.2) is 0 Å². The molecular formula is C33H36F2N2O5Si. The van der Waals surface area contributed by atoms with Crippen molar-refractivity contribution in [3.8, 4) is 5.75 Å². The number of methoxy groups -OCH3 is 1. The van der Waals surface area contributed by atoms with Crippen LogP contribution in [0.15, 0.2) is 60.7 Å². The lowest BCUT2D eigenvalue weighted by Gasteiger charge is -2.37. The van der Waals surface area contributed by atoms with Gasteiger partial charge in [0.2, 0.25) is 5.91 Å². The number of nitrogens with one attached hydrogen (secondary N) is 1. The molecule has 10 heteroatoms. The first-order valence-electron chi connectivity index (χ1n) is 14.4. The average molecular weight is 607 g/mol. The minimum atomic E-state index is -2.34. The van der Waals surface area contributed by atoms with Crippen LogP contribution in [-0.2, 0) is 32.1 Å². The van der Waals surface area contributed by atoms with Crippen LogP contribution in [0.4, 0.5) is 14.5 Å². The van der Waals surface area contributed by atoms with Crippen molar-refractivity contribution in [2.45, 2.75) is 51.6 Å². The van der Waals surface area contributed by atoms with E-state index in [-0.39, 0.29) is 43.1 Å². The summed E-state index contributed by atoms with van der Waals surface area (Å²) in [6.45, 7) is 6.18. The molecule has 2 aliphatic rings. The highest BCUT2D eigenvalue weighted by atomic mass is 28.3. The summed E-state index contributed by atoms with van der Waals surface area (Å²) in [7, 11) is -0.789. The van der Waals surface area contributed by atoms with E-state index in [0.29, 0.717) is 29.3 Å². The van der Waals surface area contributed by atoms with Gasteiger partial charge >= 0.3 is 5.97 Å². The van der Waals surface area contributed by atoms with Gasteiger partial charge in [0.1, 0.15) is 30.0 Å². The van der Waals surface area contributed by atoms with E-state index < -0.39 is 37.6 Å². The first kappa shape index (κ1) is 30.4. The van der Waals surface area contributed by atoms with Gasteiger partial charge in [-0.05, 0) is 58.8 Å². The van der Waals surface area contributed by atoms with Crippen LogP contribution in [0.1, 0.15) is 35.6 Å². The third kappa shape index (κ3) is 6.80. The molecule has 43 heavy (non-hydrogen) atoms. The van der Waals surface area contributed by atoms with Gasteiger partial charge in [0.25, 0.3) is 5.91 Å². The molecule has 0 saturated heterocycles. The Kier molecular flexibility index (Phi) is 8.68. The minimum Gasteiger partial charge on any atom is -0.497 e. The molecule has 0 spiro atoms. The third-order valence-electron chi connectivity index (χ3n) is 8.08. The summed E-state index contributed by atoms with van der Waals surface area (Å²) in [5.41, 5.74) is 2.45. The van der Waals surface area contributed by atoms with Gasteiger partial charge in [-0.25, -0.2) is 8.78 Å². The Bertz CT molecular complexity index is 1540. The number of benzene rings is 3. The monoisotopic (exact) mass is 606 g/mol. The van der Waals surface area contributed by atoms with Gasteiger partial charge < -0.3 is 19.7 Å². The van der Waals surface area contributed by atoms with Gasteiger partial charge in [-0.2, -0.15) is 0 Å². The maximum Gasteiger partial charge on any atom is 0.306 e. The normalized spacial score (nSPS) is 19.3. The van der Waals surface area contributed by atoms with Crippen LogP contribution in [0.25, 0.3) is 0 Å². The summed E-state index contributed by atoms with van der Waals surface area (Å²) in [6, 6.07) is 15.6. The lowest BCUT2D eigenvalue weighted by atomic mass is 9.91. The summed E-state index contributed by atoms with van der Waals surface area (Å²) in [4.78, 5) is 41.8. The van der Waals surface area contributed by atoms with Crippen molar-refractivity contribution >= 4 is 36.7 Å². The Morgan fingerprint density at radius 3 is 2.47 bits per heavy atom. The highest BCUT2D eigenvalue weighted by Gasteiger charge is 2.49. The lowest BCUT2D eigenvalue weighted by molar-refractivity contribution is -0.146. The maximum absolute atomic E-state index is 15.0. The number of nitrogens with zero attached hydrogens (tertiary/aromatic N) is 1. The van der Waals surface area contributed by atoms with Crippen LogP contribution in [0.2, 0.25) is 19.6 Å². The second-order valence-corrected chi connectivity index (χ2v) is 17.3. The molecule has 0 aromatic heterocycles. The maximum atomic E-state index is 15.0. The SMILES string of the molecule is COc1ccc2c(c1)CCN(C(=O)[C@@H]1C[C@H]1CC(=O)OCc1ccccc1)[C@H]2C(=O)Nc1cc(F)cc(F)c1[Si](C)(C)C. The Labute approximate surface area is 251 Å². The van der Waals surface area contributed by atoms with Crippen LogP contribution < -0.4 is 15.2 Å². The van der Waals surface area contributed by atoms with Crippen molar-refractivity contribution in [2.24, 2.45) is 11.8 Å². The largest absolute Gasteiger partial charge is 0.497 e. The van der Waals surface area contributed by atoms with E-state index in [0.717, 1.165) is 23.3 Å². The van der Waals surface area contributed by atoms with E-state index in [1.165, 1.54) is 4.90 Å². The van der Waals surface area contributed by atoms with Crippen molar-refractivity contribution < 1.29 is 32.6 Å². The summed E-state index contributed by atoms with van der Waals surface area (Å²) in [6.07, 6.45) is 1.14. The topological polar surface area (TPSA) is 84.9 Å². The molecule has 3 aromatic rings. The molecule has 1 N–H and O–H groups in total. The molecular weight excluding hydrogens is 570 g/mol. The molecule has 1 aliphatic heterocycles. The zero-order valence-electron chi connectivity index (χ0n) is 24.8. The predicted molar refractivity (Wildman–Crippen MR) is 162 cm³/mol. The molecule has 1 saturated carbocycles. The Hall–Kier alpha value is -4.05. The fourth-order valence-electron chi connectivity index (χ4n) is 5.89. The summed E-state index contributed by atoms with van der Waals surface area (Å²) >= 11 is 0. The van der Waals surface area contributed by atoms with Gasteiger partial charge in [-0.3, -0.25) is 14.4 Å². The molecule has 1 fully saturated rings. The van der Waals surface area contributed by atoms with E-state index >= 15 is 0 Å². The third-order valence-corrected chi connectivity index (χ3v) is 10.1. The number of hydrogen-bond donors (Lipinski definition) is 1. The fraction of sp³-hybridized carbons (Fsp3) is 0.364. The molecule has 0 radical (unpaired) electrons. The zero-order chi connectivity index (χ0) is 30.9. The highest BCUT2D eigenvalue weighted by molar-refractivity contribution is 6.89. The molecule has 3 atom stereocenters. The Balaban J connectivity index is 1.36. The lowest BCUT2D eigenvalue weighted by Crippen LogP contribution is -2.48. The number of ether oxygens (including phenoxy) is 2. The smallest absolute Gasteiger partial charge is 0.306 e. The van der Waals surface area contributed by atoms with Crippen molar-refractivity contribution in [1.29, 1.82) is 0 Å². The molecule has 5 rings (SSSR count). The summed E-state index contributed by atoms with van der Waals surface area (Å²) in [5.74, 6) is -2.60. The molecule has 3 aromatic carbocycles. The van der Waals surface area contributed by atoms with Crippen molar-refractivity contribution in [2.75, 3.05) is 19.0 Å². The number of hydrogen-bond acceptors (Lipinski definition) is 5. The zero-order valence-corrected chi connectivity index (χ0v) is 25.8. The van der Waals surface area contributed by atoms with Crippen LogP contribution >= 0.6 is 0 Å². The van der Waals surface area contributed by atoms with Gasteiger partial charge in [-0.1, -0.05) is 56.0 Å². The van der Waals surface area contributed by atoms with E-state index in [1.54, 1.807) is 19.2 Å². The fourth-order valence-corrected chi connectivity index (χ4v) is 7.62. The van der Waals surface area contributed by atoms with E-state index in [4.69, 9.17) is 9.47 Å². The number of halogens is 2. The van der Waals surface area contributed by atoms with Crippen LogP contribution in [0, 0.1) is 23.5 Å². The molecule has 0 bridgehead atoms. The number of esters is 1. The van der Waals surface area contributed by atoms with Gasteiger partial charge in [0, 0.05) is 30.6 Å². The Morgan fingerprint density at radius 2 is 1.77 bits per heavy atom. The second-order valence-electron chi connectivity index (χ2n) is 12.3. The van der Waals surface area contributed by atoms with Crippen LogP contribution in [0.3, 0.4) is 0 Å². The molecule has 0 unspecified atom stereocenters. The van der Waals surface area contributed by atoms with E-state index in [9.17, 15) is 23.2 Å². The second kappa shape index (κ2) is 12.3. The van der Waals surface area contributed by atoms with Crippen molar-refractivity contribution in [3.05, 3.63) is 89.0 Å². The molecule has 1 aliphatic carbocycles. The summed E-state index contributed by atoms with van der Waals surface area (Å²) in [5, 5.41) is 3.08. The number of carbonyl (C=O) groups excluding carboxylic acids is 3. The van der Waals surface area contributed by atoms with Gasteiger partial charge in [0.05, 0.1) is 15.2 Å². The number of carbonyl (C=O) groups is 3. The number of anilines is 1. The molecule has 226 valence electrons. The van der Waals surface area contributed by atoms with Crippen LogP contribution in [0.5, 0.6) is 5.75 Å². The van der Waals surface area contributed by atoms with E-state index in [1.807, 2.05) is 56.0 Å². The quantitative estimate of drug-likeness (QED) is 0.262. The number of rotatable bonds is 9. The first-order chi connectivity index (χ1) is 20.5. The molecule has 1 heterocycles. The van der Waals surface area contributed by atoms with Crippen LogP contribution in [-0.4, -0.2) is 44.4 Å². The van der Waals surface area contributed by atoms with Crippen molar-refractivity contribution in [3.63, 3.8) is 0 Å². The predicted octanol–water partition coefficient (Wildman–Crippen LogP) is 5.35. The van der Waals surface area contributed by atoms with Crippen molar-refractivity contribution in [1.82, 2.24) is 4.90 Å². The molecule has 7 nitrogen and oxygen atoms in total. The van der Waals surface area contributed by atoms with E-state index in [2.05, 4.69) is 5.32 Å². The standard InChI is InChI=1S/C33H36F2N2O5Si/c1-41-24-10-11-25-21(14-24)12-13-37(30(25)32(39)36-28-18-23(34)17-27(35)31(28)43(2,3)4)33(40)26-15-22(26)16-29(38)42-19-20-8-6-5-7-9-20/h5-11,14,17-18,22,26,30H,12-13,15-16,19H2,1-4H3,(H,36,39)/t22-,26+,30+/m0/s1. The number of fused-ring (bicyclic) bond motifs is 1.